The minimum absolute atomic E-state index is 0.0610. The first-order chi connectivity index (χ1) is 10.2. The second-order valence-electron chi connectivity index (χ2n) is 4.93. The zero-order chi connectivity index (χ0) is 15.1. The number of amides is 1. The Morgan fingerprint density at radius 1 is 1.43 bits per heavy atom. The lowest BCUT2D eigenvalue weighted by atomic mass is 10.1. The minimum atomic E-state index is 0.0610. The second-order valence-corrected chi connectivity index (χ2v) is 5.74. The van der Waals surface area contributed by atoms with E-state index in [0.29, 0.717) is 23.4 Å². The van der Waals surface area contributed by atoms with Gasteiger partial charge in [-0.15, -0.1) is 0 Å². The van der Waals surface area contributed by atoms with E-state index >= 15 is 0 Å². The quantitative estimate of drug-likeness (QED) is 0.580. The van der Waals surface area contributed by atoms with Gasteiger partial charge in [0.1, 0.15) is 4.60 Å². The molecule has 0 saturated carbocycles. The highest BCUT2D eigenvalue weighted by Crippen LogP contribution is 2.17. The molecule has 0 aliphatic carbocycles. The zero-order valence-electron chi connectivity index (χ0n) is 12.3. The van der Waals surface area contributed by atoms with Crippen molar-refractivity contribution in [2.75, 3.05) is 32.9 Å². The van der Waals surface area contributed by atoms with E-state index in [1.165, 1.54) is 0 Å². The number of rotatable bonds is 6. The molecule has 0 spiro atoms. The summed E-state index contributed by atoms with van der Waals surface area (Å²) in [7, 11) is 0. The molecule has 0 N–H and O–H groups in total. The summed E-state index contributed by atoms with van der Waals surface area (Å²) < 4.78 is 11.7. The first-order valence-electron chi connectivity index (χ1n) is 7.31. The van der Waals surface area contributed by atoms with Gasteiger partial charge in [-0.25, -0.2) is 4.98 Å². The number of piperidine rings is 1. The third-order valence-corrected chi connectivity index (χ3v) is 3.92. The van der Waals surface area contributed by atoms with Crippen molar-refractivity contribution in [2.24, 2.45) is 0 Å². The fourth-order valence-corrected chi connectivity index (χ4v) is 2.73. The molecule has 0 radical (unpaired) electrons. The molecule has 1 amide bonds. The van der Waals surface area contributed by atoms with Crippen LogP contribution < -0.4 is 0 Å². The van der Waals surface area contributed by atoms with Crippen LogP contribution in [-0.4, -0.2) is 54.8 Å². The molecule has 0 bridgehead atoms. The molecular formula is C15H21BrN2O3. The van der Waals surface area contributed by atoms with Gasteiger partial charge in [0, 0.05) is 31.5 Å². The van der Waals surface area contributed by atoms with Crippen molar-refractivity contribution in [3.05, 3.63) is 28.5 Å². The summed E-state index contributed by atoms with van der Waals surface area (Å²) in [4.78, 5) is 18.3. The number of hydrogen-bond donors (Lipinski definition) is 0. The molecule has 21 heavy (non-hydrogen) atoms. The molecule has 0 unspecified atom stereocenters. The number of halogens is 1. The summed E-state index contributed by atoms with van der Waals surface area (Å²) in [5, 5.41) is 0. The number of carbonyl (C=O) groups excluding carboxylic acids is 1. The van der Waals surface area contributed by atoms with E-state index in [9.17, 15) is 4.79 Å². The number of carbonyl (C=O) groups is 1. The Labute approximate surface area is 133 Å². The molecule has 6 heteroatoms. The molecule has 1 saturated heterocycles. The average Bonchev–Trinajstić information content (AvgIpc) is 2.51. The summed E-state index contributed by atoms with van der Waals surface area (Å²) in [5.74, 6) is 0.0610. The lowest BCUT2D eigenvalue weighted by Gasteiger charge is -2.32. The van der Waals surface area contributed by atoms with Crippen molar-refractivity contribution in [1.29, 1.82) is 0 Å². The van der Waals surface area contributed by atoms with Gasteiger partial charge in [-0.3, -0.25) is 4.79 Å². The summed E-state index contributed by atoms with van der Waals surface area (Å²) in [5.41, 5.74) is 0.674. The van der Waals surface area contributed by atoms with Gasteiger partial charge in [-0.05, 0) is 47.8 Å². The van der Waals surface area contributed by atoms with Crippen molar-refractivity contribution >= 4 is 21.8 Å². The van der Waals surface area contributed by atoms with Crippen molar-refractivity contribution in [3.63, 3.8) is 0 Å². The predicted molar refractivity (Wildman–Crippen MR) is 83.3 cm³/mol. The molecule has 1 aliphatic rings. The lowest BCUT2D eigenvalue weighted by molar-refractivity contribution is -0.0182. The van der Waals surface area contributed by atoms with Gasteiger partial charge in [-0.2, -0.15) is 0 Å². The van der Waals surface area contributed by atoms with Crippen LogP contribution >= 0.6 is 15.9 Å². The molecule has 1 fully saturated rings. The number of hydrogen-bond acceptors (Lipinski definition) is 4. The summed E-state index contributed by atoms with van der Waals surface area (Å²) in [6, 6.07) is 3.50. The van der Waals surface area contributed by atoms with Crippen molar-refractivity contribution in [1.82, 2.24) is 9.88 Å². The molecule has 2 heterocycles. The van der Waals surface area contributed by atoms with Gasteiger partial charge in [-0.1, -0.05) is 0 Å². The molecular weight excluding hydrogens is 336 g/mol. The van der Waals surface area contributed by atoms with E-state index in [0.717, 1.165) is 32.5 Å². The average molecular weight is 357 g/mol. The topological polar surface area (TPSA) is 51.7 Å². The van der Waals surface area contributed by atoms with Gasteiger partial charge in [0.25, 0.3) is 5.91 Å². The van der Waals surface area contributed by atoms with Crippen LogP contribution in [-0.2, 0) is 9.47 Å². The third-order valence-electron chi connectivity index (χ3n) is 3.49. The normalized spacial score (nSPS) is 16.2. The monoisotopic (exact) mass is 356 g/mol. The van der Waals surface area contributed by atoms with Crippen LogP contribution in [0.1, 0.15) is 30.1 Å². The standard InChI is InChI=1S/C15H21BrN2O3/c1-2-20-9-10-21-13-4-7-18(8-5-13)15(19)12-3-6-17-14(16)11-12/h3,6,11,13H,2,4-5,7-10H2,1H3. The van der Waals surface area contributed by atoms with Gasteiger partial charge in [0.15, 0.2) is 0 Å². The highest BCUT2D eigenvalue weighted by atomic mass is 79.9. The van der Waals surface area contributed by atoms with Crippen molar-refractivity contribution in [3.8, 4) is 0 Å². The van der Waals surface area contributed by atoms with Gasteiger partial charge in [0.2, 0.25) is 0 Å². The Morgan fingerprint density at radius 2 is 2.19 bits per heavy atom. The maximum absolute atomic E-state index is 12.4. The Balaban J connectivity index is 1.77. The molecule has 5 nitrogen and oxygen atoms in total. The van der Waals surface area contributed by atoms with E-state index in [1.807, 2.05) is 11.8 Å². The smallest absolute Gasteiger partial charge is 0.254 e. The van der Waals surface area contributed by atoms with Crippen LogP contribution in [0.5, 0.6) is 0 Å². The maximum Gasteiger partial charge on any atom is 0.254 e. The fourth-order valence-electron chi connectivity index (χ4n) is 2.36. The fraction of sp³-hybridized carbons (Fsp3) is 0.600. The Hall–Kier alpha value is -0.980. The molecule has 2 rings (SSSR count). The van der Waals surface area contributed by atoms with Gasteiger partial charge in [0.05, 0.1) is 19.3 Å². The van der Waals surface area contributed by atoms with Gasteiger partial charge >= 0.3 is 0 Å². The van der Waals surface area contributed by atoms with Crippen LogP contribution in [0.2, 0.25) is 0 Å². The van der Waals surface area contributed by atoms with Crippen molar-refractivity contribution in [2.45, 2.75) is 25.9 Å². The second kappa shape index (κ2) is 8.46. The molecule has 1 aromatic heterocycles. The molecule has 0 aromatic carbocycles. The molecule has 1 aliphatic heterocycles. The minimum Gasteiger partial charge on any atom is -0.379 e. The zero-order valence-corrected chi connectivity index (χ0v) is 13.8. The first-order valence-corrected chi connectivity index (χ1v) is 8.10. The van der Waals surface area contributed by atoms with E-state index in [4.69, 9.17) is 9.47 Å². The van der Waals surface area contributed by atoms with E-state index in [1.54, 1.807) is 18.3 Å². The van der Waals surface area contributed by atoms with E-state index in [-0.39, 0.29) is 12.0 Å². The summed E-state index contributed by atoms with van der Waals surface area (Å²) >= 11 is 3.29. The number of pyridine rings is 1. The Kier molecular flexibility index (Phi) is 6.60. The Morgan fingerprint density at radius 3 is 2.86 bits per heavy atom. The highest BCUT2D eigenvalue weighted by Gasteiger charge is 2.24. The SMILES string of the molecule is CCOCCOC1CCN(C(=O)c2ccnc(Br)c2)CC1. The van der Waals surface area contributed by atoms with Crippen LogP contribution in [0.25, 0.3) is 0 Å². The van der Waals surface area contributed by atoms with E-state index < -0.39 is 0 Å². The van der Waals surface area contributed by atoms with Crippen LogP contribution in [0.4, 0.5) is 0 Å². The summed E-state index contributed by atoms with van der Waals surface area (Å²) in [6.07, 6.45) is 3.63. The van der Waals surface area contributed by atoms with Gasteiger partial charge < -0.3 is 14.4 Å². The largest absolute Gasteiger partial charge is 0.379 e. The molecule has 0 atom stereocenters. The maximum atomic E-state index is 12.4. The first kappa shape index (κ1) is 16.4. The number of ether oxygens (including phenoxy) is 2. The lowest BCUT2D eigenvalue weighted by Crippen LogP contribution is -2.41. The number of nitrogens with zero attached hydrogens (tertiary/aromatic N) is 2. The predicted octanol–water partition coefficient (Wildman–Crippen LogP) is 2.50. The van der Waals surface area contributed by atoms with E-state index in [2.05, 4.69) is 20.9 Å². The number of likely N-dealkylation sites (tertiary alicyclic amines) is 1. The van der Waals surface area contributed by atoms with Crippen molar-refractivity contribution < 1.29 is 14.3 Å². The Bertz CT molecular complexity index is 462. The number of aromatic nitrogens is 1. The van der Waals surface area contributed by atoms with Crippen LogP contribution in [0.15, 0.2) is 22.9 Å². The highest BCUT2D eigenvalue weighted by molar-refractivity contribution is 9.10. The summed E-state index contributed by atoms with van der Waals surface area (Å²) in [6.45, 7) is 5.43. The third kappa shape index (κ3) is 5.05. The van der Waals surface area contributed by atoms with Crippen LogP contribution in [0.3, 0.4) is 0 Å². The molecule has 1 aromatic rings. The molecule has 116 valence electrons. The van der Waals surface area contributed by atoms with Crippen LogP contribution in [0, 0.1) is 0 Å².